The van der Waals surface area contributed by atoms with Crippen molar-refractivity contribution in [2.45, 2.75) is 17.4 Å². The van der Waals surface area contributed by atoms with Gasteiger partial charge >= 0.3 is 73.7 Å². The van der Waals surface area contributed by atoms with Crippen LogP contribution < -0.4 is 17.1 Å². The zero-order chi connectivity index (χ0) is 10.9. The predicted molar refractivity (Wildman–Crippen MR) is 62.5 cm³/mol. The summed E-state index contributed by atoms with van der Waals surface area (Å²) in [6.45, 7) is 2.00. The molecular weight excluding hydrogens is 236 g/mol. The van der Waals surface area contributed by atoms with Gasteiger partial charge in [0.1, 0.15) is 0 Å². The number of ether oxygens (including phenoxy) is 2. The summed E-state index contributed by atoms with van der Waals surface area (Å²) in [6.07, 6.45) is 2.56. The molecule has 1 aromatic carbocycles. The second-order valence-electron chi connectivity index (χ2n) is 3.42. The minimum atomic E-state index is 0. The summed E-state index contributed by atoms with van der Waals surface area (Å²) in [6, 6.07) is 8.15. The van der Waals surface area contributed by atoms with Gasteiger partial charge in [0.05, 0.1) is 0 Å². The zero-order valence-corrected chi connectivity index (χ0v) is 11.9. The van der Waals surface area contributed by atoms with Crippen molar-refractivity contribution in [1.29, 1.82) is 0 Å². The first-order valence-electron chi connectivity index (χ1n) is 5.36. The SMILES string of the molecule is C1CCOC1.COc1cccc([CH2][Mg+])c1.[Cl-]. The second kappa shape index (κ2) is 10.2. The molecule has 16 heavy (non-hydrogen) atoms. The third-order valence-electron chi connectivity index (χ3n) is 2.25. The molecule has 0 unspecified atom stereocenters. The Morgan fingerprint density at radius 1 is 1.31 bits per heavy atom. The number of benzene rings is 1. The molecule has 1 saturated heterocycles. The standard InChI is InChI=1S/C8H9O.C4H8O.ClH.Mg/c1-7-4-3-5-8(6-7)9-2;1-2-4-5-3-1;;/h3-6H,1H2,2H3;1-4H2;1H;/q;;;+1/p-1. The van der Waals surface area contributed by atoms with Crippen LogP contribution in [-0.4, -0.2) is 42.0 Å². The summed E-state index contributed by atoms with van der Waals surface area (Å²) in [5, 5.41) is 0. The molecule has 0 radical (unpaired) electrons. The molecule has 1 aliphatic heterocycles. The van der Waals surface area contributed by atoms with E-state index >= 15 is 0 Å². The topological polar surface area (TPSA) is 18.5 Å². The first-order valence-corrected chi connectivity index (χ1v) is 6.36. The van der Waals surface area contributed by atoms with Crippen molar-refractivity contribution in [3.63, 3.8) is 0 Å². The van der Waals surface area contributed by atoms with E-state index in [1.807, 2.05) is 33.8 Å². The first kappa shape index (κ1) is 16.0. The van der Waals surface area contributed by atoms with E-state index in [4.69, 9.17) is 9.47 Å². The molecule has 2 nitrogen and oxygen atoms in total. The van der Waals surface area contributed by atoms with Crippen LogP contribution in [0.2, 0.25) is 0 Å². The maximum atomic E-state index is 5.06. The van der Waals surface area contributed by atoms with Crippen LogP contribution in [0, 0.1) is 0 Å². The van der Waals surface area contributed by atoms with Crippen molar-refractivity contribution in [3.8, 4) is 5.75 Å². The molecule has 0 amide bonds. The monoisotopic (exact) mass is 252 g/mol. The van der Waals surface area contributed by atoms with Crippen molar-refractivity contribution in [2.24, 2.45) is 0 Å². The molecule has 0 aliphatic carbocycles. The summed E-state index contributed by atoms with van der Waals surface area (Å²) in [4.78, 5) is 0. The number of hydrogen-bond acceptors (Lipinski definition) is 2. The molecule has 2 rings (SSSR count). The Morgan fingerprint density at radius 2 is 2.00 bits per heavy atom. The third-order valence-corrected chi connectivity index (χ3v) is 2.83. The Labute approximate surface area is 117 Å². The van der Waals surface area contributed by atoms with Crippen LogP contribution >= 0.6 is 0 Å². The van der Waals surface area contributed by atoms with Crippen molar-refractivity contribution in [1.82, 2.24) is 0 Å². The smallest absolute Gasteiger partial charge is 1.00 e. The average molecular weight is 253 g/mol. The van der Waals surface area contributed by atoms with Gasteiger partial charge in [0.2, 0.25) is 0 Å². The maximum absolute atomic E-state index is 5.06. The van der Waals surface area contributed by atoms with Gasteiger partial charge < -0.3 is 17.1 Å². The second-order valence-corrected chi connectivity index (χ2v) is 3.92. The average Bonchev–Trinajstić information content (AvgIpc) is 2.88. The summed E-state index contributed by atoms with van der Waals surface area (Å²) >= 11 is 1.95. The van der Waals surface area contributed by atoms with Crippen molar-refractivity contribution < 1.29 is 21.9 Å². The van der Waals surface area contributed by atoms with Crippen LogP contribution in [0.3, 0.4) is 0 Å². The Kier molecular flexibility index (Phi) is 10.2. The molecule has 0 spiro atoms. The summed E-state index contributed by atoms with van der Waals surface area (Å²) in [7, 11) is 1.69. The largest absolute Gasteiger partial charge is 1.00 e. The number of rotatable bonds is 2. The molecular formula is C12H17ClMgO2. The van der Waals surface area contributed by atoms with E-state index in [-0.39, 0.29) is 12.4 Å². The molecule has 1 aliphatic rings. The zero-order valence-electron chi connectivity index (χ0n) is 9.75. The molecule has 1 heterocycles. The Hall–Kier alpha value is 0.0362. The molecule has 0 bridgehead atoms. The van der Waals surface area contributed by atoms with Crippen LogP contribution in [0.1, 0.15) is 18.4 Å². The van der Waals surface area contributed by atoms with Gasteiger partial charge in [-0.1, -0.05) is 0 Å². The van der Waals surface area contributed by atoms with E-state index in [2.05, 4.69) is 12.1 Å². The van der Waals surface area contributed by atoms with Crippen molar-refractivity contribution >= 4 is 21.7 Å². The molecule has 1 aromatic rings. The van der Waals surface area contributed by atoms with E-state index in [9.17, 15) is 0 Å². The normalized spacial score (nSPS) is 13.4. The van der Waals surface area contributed by atoms with Crippen LogP contribution in [0.25, 0.3) is 0 Å². The summed E-state index contributed by atoms with van der Waals surface area (Å²) < 4.78 is 11.1. The summed E-state index contributed by atoms with van der Waals surface area (Å²) in [5.41, 5.74) is 1.33. The minimum absolute atomic E-state index is 0. The molecule has 4 heteroatoms. The van der Waals surface area contributed by atoms with Crippen molar-refractivity contribution in [2.75, 3.05) is 20.3 Å². The molecule has 0 N–H and O–H groups in total. The Morgan fingerprint density at radius 3 is 2.44 bits per heavy atom. The molecule has 86 valence electrons. The van der Waals surface area contributed by atoms with Gasteiger partial charge in [-0.3, -0.25) is 0 Å². The van der Waals surface area contributed by atoms with E-state index in [0.717, 1.165) is 23.5 Å². The van der Waals surface area contributed by atoms with Crippen molar-refractivity contribution in [3.05, 3.63) is 29.8 Å². The third kappa shape index (κ3) is 6.58. The fourth-order valence-electron chi connectivity index (χ4n) is 1.34. The number of halogens is 1. The van der Waals surface area contributed by atoms with Gasteiger partial charge in [-0.2, -0.15) is 0 Å². The van der Waals surface area contributed by atoms with Crippen LogP contribution in [0.5, 0.6) is 5.75 Å². The maximum Gasteiger partial charge on any atom is -1.00 e. The van der Waals surface area contributed by atoms with Gasteiger partial charge in [-0.05, 0) is 12.8 Å². The molecule has 1 fully saturated rings. The molecule has 0 aromatic heterocycles. The quantitative estimate of drug-likeness (QED) is 0.640. The van der Waals surface area contributed by atoms with E-state index < -0.39 is 0 Å². The van der Waals surface area contributed by atoms with Gasteiger partial charge in [0, 0.05) is 13.2 Å². The van der Waals surface area contributed by atoms with Gasteiger partial charge in [0.25, 0.3) is 0 Å². The van der Waals surface area contributed by atoms with Gasteiger partial charge in [-0.25, -0.2) is 0 Å². The minimum Gasteiger partial charge on any atom is -1.00 e. The fraction of sp³-hybridized carbons (Fsp3) is 0.500. The number of hydrogen-bond donors (Lipinski definition) is 0. The van der Waals surface area contributed by atoms with E-state index in [1.165, 1.54) is 18.4 Å². The molecule has 0 saturated carbocycles. The van der Waals surface area contributed by atoms with Crippen LogP contribution in [0.15, 0.2) is 24.3 Å². The van der Waals surface area contributed by atoms with Gasteiger partial charge in [-0.15, -0.1) is 0 Å². The Balaban J connectivity index is 0.000000318. The fourth-order valence-corrected chi connectivity index (χ4v) is 1.65. The first-order chi connectivity index (χ1) is 7.36. The van der Waals surface area contributed by atoms with Crippen LogP contribution in [0.4, 0.5) is 0 Å². The van der Waals surface area contributed by atoms with Crippen LogP contribution in [-0.2, 0) is 9.29 Å². The Bertz CT molecular complexity index is 251. The predicted octanol–water partition coefficient (Wildman–Crippen LogP) is -0.835. The van der Waals surface area contributed by atoms with E-state index in [1.54, 1.807) is 7.11 Å². The number of methoxy groups -OCH3 is 1. The van der Waals surface area contributed by atoms with Gasteiger partial charge in [0.15, 0.2) is 0 Å². The molecule has 0 atom stereocenters. The summed E-state index contributed by atoms with van der Waals surface area (Å²) in [5.74, 6) is 0.948. The van der Waals surface area contributed by atoms with E-state index in [0.29, 0.717) is 0 Å².